The number of nitrogens with zero attached hydrogens (tertiary/aromatic N) is 6. The minimum absolute atomic E-state index is 0. The van der Waals surface area contributed by atoms with Crippen molar-refractivity contribution in [1.29, 1.82) is 0 Å². The van der Waals surface area contributed by atoms with Gasteiger partial charge < -0.3 is 19.5 Å². The Bertz CT molecular complexity index is 5580. The minimum Gasteiger partial charge on any atom is -0.497 e. The van der Waals surface area contributed by atoms with Gasteiger partial charge in [0.1, 0.15) is 11.5 Å². The van der Waals surface area contributed by atoms with Crippen LogP contribution >= 0.6 is 70.3 Å². The molecule has 0 amide bonds. The molecular formula is C106H88BBrN6O4P4PdS2. The van der Waals surface area contributed by atoms with Crippen LogP contribution in [0.15, 0.2) is 488 Å². The van der Waals surface area contributed by atoms with Gasteiger partial charge in [-0.3, -0.25) is 0 Å². The van der Waals surface area contributed by atoms with Crippen LogP contribution < -0.4 is 78.6 Å². The van der Waals surface area contributed by atoms with E-state index in [-0.39, 0.29) is 20.4 Å². The first-order valence-corrected chi connectivity index (χ1v) is 48.1. The maximum atomic E-state index is 8.47. The number of hydrogen-bond donors (Lipinski definition) is 2. The Balaban J connectivity index is 0.000000126. The molecule has 0 unspecified atom stereocenters. The van der Waals surface area contributed by atoms with Crippen LogP contribution in [0.2, 0.25) is 0 Å². The van der Waals surface area contributed by atoms with Crippen LogP contribution in [0.5, 0.6) is 11.5 Å². The molecule has 14 aromatic carbocycles. The van der Waals surface area contributed by atoms with Gasteiger partial charge in [-0.15, -0.1) is 0 Å². The molecule has 2 N–H and O–H groups in total. The van der Waals surface area contributed by atoms with Gasteiger partial charge in [0.05, 0.1) is 31.1 Å². The number of aromatic nitrogens is 6. The first-order valence-electron chi connectivity index (χ1n) is 40.1. The van der Waals surface area contributed by atoms with E-state index in [9.17, 15) is 0 Å². The van der Waals surface area contributed by atoms with Crippen LogP contribution in [0.1, 0.15) is 0 Å². The number of ether oxygens (including phenoxy) is 2. The average Bonchev–Trinajstić information content (AvgIpc) is 1.75. The van der Waals surface area contributed by atoms with E-state index in [1.165, 1.54) is 75.0 Å². The molecule has 0 atom stereocenters. The van der Waals surface area contributed by atoms with Crippen LogP contribution in [0.25, 0.3) is 44.7 Å². The summed E-state index contributed by atoms with van der Waals surface area (Å²) in [7, 11) is 0.233. The standard InChI is InChI=1S/4C18H15P.C17H13N3OS.C13H10BrN3O.C4H5BO2S.Pd/c4*1-4-10-16(11-5-1)19(17-12-6-2-7-13-17)18-14-8-3-9-15-18;1-21-15-4-2-12(3-5-15)14-8-18-17-16(9-19-20(17)10-14)13-6-7-22-11-13;1-18-11-4-2-9(3-5-11)10-6-15-13-12(14)7-16-17(13)8-10;6-5(7)4-1-2-8-3-4;/h4*1-15H;2-11H,1H3;2-8H,1H3;1-3,6-7H;. The molecule has 20 rings (SSSR count). The molecule has 0 saturated carbocycles. The summed E-state index contributed by atoms with van der Waals surface area (Å²) in [5.74, 6) is 1.69. The molecule has 10 nitrogen and oxygen atoms in total. The van der Waals surface area contributed by atoms with Crippen molar-refractivity contribution in [2.24, 2.45) is 0 Å². The summed E-state index contributed by atoms with van der Waals surface area (Å²) in [5.41, 5.74) is 8.67. The van der Waals surface area contributed by atoms with E-state index >= 15 is 0 Å². The second-order valence-electron chi connectivity index (χ2n) is 27.5. The van der Waals surface area contributed by atoms with E-state index in [1.807, 2.05) is 84.0 Å². The van der Waals surface area contributed by atoms with E-state index in [4.69, 9.17) is 19.5 Å². The molecule has 6 heterocycles. The number of benzene rings is 14. The molecule has 19 heteroatoms. The van der Waals surface area contributed by atoms with Gasteiger partial charge in [-0.05, 0) is 185 Å². The Labute approximate surface area is 767 Å². The fourth-order valence-corrected chi connectivity index (χ4v) is 24.3. The van der Waals surface area contributed by atoms with Crippen LogP contribution in [-0.2, 0) is 20.4 Å². The molecule has 0 saturated heterocycles. The zero-order chi connectivity index (χ0) is 85.1. The molecule has 618 valence electrons. The number of fused-ring (bicyclic) bond motifs is 2. The Hall–Kier alpha value is -11.8. The summed E-state index contributed by atoms with van der Waals surface area (Å²) >= 11 is 6.53. The zero-order valence-electron chi connectivity index (χ0n) is 68.5. The summed E-state index contributed by atoms with van der Waals surface area (Å²) in [4.78, 5) is 8.97. The topological polar surface area (TPSA) is 119 Å². The fourth-order valence-electron chi connectivity index (χ4n) is 13.3. The molecule has 0 aliphatic heterocycles. The van der Waals surface area contributed by atoms with Crippen molar-refractivity contribution in [2.45, 2.75) is 0 Å². The van der Waals surface area contributed by atoms with Crippen molar-refractivity contribution in [2.75, 3.05) is 14.2 Å². The van der Waals surface area contributed by atoms with E-state index in [2.05, 4.69) is 417 Å². The Morgan fingerprint density at radius 3 is 0.760 bits per heavy atom. The van der Waals surface area contributed by atoms with Gasteiger partial charge in [-0.2, -0.15) is 32.9 Å². The van der Waals surface area contributed by atoms with Gasteiger partial charge in [0.15, 0.2) is 11.3 Å². The number of thiophene rings is 2. The Kier molecular flexibility index (Phi) is 35.2. The van der Waals surface area contributed by atoms with Crippen LogP contribution in [0.4, 0.5) is 0 Å². The van der Waals surface area contributed by atoms with Gasteiger partial charge in [0, 0.05) is 61.9 Å². The molecule has 0 spiro atoms. The second kappa shape index (κ2) is 48.4. The summed E-state index contributed by atoms with van der Waals surface area (Å²) in [6.07, 6.45) is 11.3. The molecule has 6 aromatic heterocycles. The summed E-state index contributed by atoms with van der Waals surface area (Å²) in [6, 6.07) is 149. The van der Waals surface area contributed by atoms with Crippen molar-refractivity contribution in [3.63, 3.8) is 0 Å². The third-order valence-corrected chi connectivity index (χ3v) is 31.1. The van der Waals surface area contributed by atoms with Gasteiger partial charge in [-0.1, -0.05) is 394 Å². The molecule has 125 heavy (non-hydrogen) atoms. The predicted octanol–water partition coefficient (Wildman–Crippen LogP) is 20.5. The van der Waals surface area contributed by atoms with Crippen molar-refractivity contribution < 1.29 is 39.9 Å². The number of rotatable bonds is 18. The van der Waals surface area contributed by atoms with Crippen LogP contribution in [-0.4, -0.2) is 60.6 Å². The zero-order valence-corrected chi connectivity index (χ0v) is 76.8. The summed E-state index contributed by atoms with van der Waals surface area (Å²) < 4.78 is 14.8. The van der Waals surface area contributed by atoms with E-state index in [1.54, 1.807) is 53.1 Å². The number of halogens is 1. The van der Waals surface area contributed by atoms with Crippen molar-refractivity contribution >= 4 is 158 Å². The van der Waals surface area contributed by atoms with Crippen molar-refractivity contribution in [1.82, 2.24) is 29.2 Å². The molecule has 0 aliphatic rings. The molecule has 0 aliphatic carbocycles. The first-order chi connectivity index (χ1) is 61.2. The molecular weight excluding hydrogens is 1810 g/mol. The Morgan fingerprint density at radius 1 is 0.280 bits per heavy atom. The fraction of sp³-hybridized carbons (Fsp3) is 0.0189. The quantitative estimate of drug-likeness (QED) is 0.0644. The number of hydrogen-bond acceptors (Lipinski definition) is 10. The van der Waals surface area contributed by atoms with Gasteiger partial charge in [0.2, 0.25) is 0 Å². The first kappa shape index (κ1) is 90.9. The van der Waals surface area contributed by atoms with E-state index in [0.29, 0.717) is 5.46 Å². The maximum Gasteiger partial charge on any atom is 0.489 e. The van der Waals surface area contributed by atoms with Crippen LogP contribution in [0, 0.1) is 0 Å². The Morgan fingerprint density at radius 2 is 0.528 bits per heavy atom. The third kappa shape index (κ3) is 25.7. The average molecular weight is 1900 g/mol. The summed E-state index contributed by atoms with van der Waals surface area (Å²) in [6.45, 7) is 0. The van der Waals surface area contributed by atoms with Gasteiger partial charge in [-0.25, -0.2) is 19.0 Å². The third-order valence-electron chi connectivity index (χ3n) is 19.4. The monoisotopic (exact) mass is 1890 g/mol. The SMILES string of the molecule is COc1ccc(-c2cnc3c(-c4ccsc4)cnn3c2)cc1.COc1ccc(-c2cnc3c(Br)cnn3c2)cc1.OB(O)c1ccsc1.[Pd].c1ccc(P(c2ccccc2)c2ccccc2)cc1.c1ccc(P(c2ccccc2)c2ccccc2)cc1.c1ccc(P(c2ccccc2)c2ccccc2)cc1.c1ccc(P(c2ccccc2)c2ccccc2)cc1. The summed E-state index contributed by atoms with van der Waals surface area (Å²) in [5, 5.41) is 50.0. The number of methoxy groups -OCH3 is 2. The largest absolute Gasteiger partial charge is 0.497 e. The molecule has 20 aromatic rings. The smallest absolute Gasteiger partial charge is 0.489 e. The van der Waals surface area contributed by atoms with Crippen molar-refractivity contribution in [3.05, 3.63) is 488 Å². The van der Waals surface area contributed by atoms with Gasteiger partial charge in [0.25, 0.3) is 0 Å². The molecule has 0 fully saturated rings. The van der Waals surface area contributed by atoms with Gasteiger partial charge >= 0.3 is 7.12 Å². The minimum atomic E-state index is -1.30. The van der Waals surface area contributed by atoms with E-state index in [0.717, 1.165) is 60.6 Å². The second-order valence-corrected chi connectivity index (χ2v) is 38.8. The predicted molar refractivity (Wildman–Crippen MR) is 536 cm³/mol. The molecule has 0 radical (unpaired) electrons. The van der Waals surface area contributed by atoms with Crippen molar-refractivity contribution in [3.8, 4) is 44.9 Å². The van der Waals surface area contributed by atoms with Crippen LogP contribution in [0.3, 0.4) is 0 Å². The maximum absolute atomic E-state index is 8.47. The molecule has 0 bridgehead atoms. The normalized spacial score (nSPS) is 10.5. The van der Waals surface area contributed by atoms with E-state index < -0.39 is 38.8 Å².